The normalized spacial score (nSPS) is 48.7. The molecule has 0 spiro atoms. The van der Waals surface area contributed by atoms with Gasteiger partial charge in [0.25, 0.3) is 0 Å². The second-order valence-electron chi connectivity index (χ2n) is 7.20. The van der Waals surface area contributed by atoms with E-state index in [1.54, 1.807) is 5.57 Å². The van der Waals surface area contributed by atoms with Crippen molar-refractivity contribution in [2.45, 2.75) is 56.9 Å². The number of allylic oxidation sites excluding steroid dienone is 2. The van der Waals surface area contributed by atoms with Gasteiger partial charge >= 0.3 is 0 Å². The van der Waals surface area contributed by atoms with Crippen molar-refractivity contribution in [1.82, 2.24) is 5.32 Å². The Labute approximate surface area is 108 Å². The molecule has 5 aliphatic rings. The summed E-state index contributed by atoms with van der Waals surface area (Å²) in [7, 11) is 0. The monoisotopic (exact) mass is 249 g/mol. The first-order chi connectivity index (χ1) is 8.63. The maximum absolute atomic E-state index is 9.27. The van der Waals surface area contributed by atoms with Gasteiger partial charge in [-0.2, -0.15) is 0 Å². The van der Waals surface area contributed by atoms with Crippen LogP contribution in [-0.2, 0) is 0 Å². The molecule has 0 heterocycles. The van der Waals surface area contributed by atoms with E-state index in [4.69, 9.17) is 0 Å². The maximum Gasteiger partial charge on any atom is 0.211 e. The van der Waals surface area contributed by atoms with E-state index in [0.717, 1.165) is 42.9 Å². The molecule has 2 atom stereocenters. The van der Waals surface area contributed by atoms with Crippen LogP contribution in [0.25, 0.3) is 0 Å². The molecular formula is C15H23NO2. The fourth-order valence-corrected chi connectivity index (χ4v) is 5.46. The first kappa shape index (κ1) is 11.4. The molecule has 4 fully saturated rings. The molecule has 3 N–H and O–H groups in total. The molecule has 0 aromatic heterocycles. The maximum atomic E-state index is 9.27. The first-order valence-electron chi connectivity index (χ1n) is 7.45. The van der Waals surface area contributed by atoms with E-state index in [2.05, 4.69) is 11.4 Å². The van der Waals surface area contributed by atoms with E-state index in [1.165, 1.54) is 25.7 Å². The van der Waals surface area contributed by atoms with Gasteiger partial charge in [-0.15, -0.1) is 0 Å². The average molecular weight is 249 g/mol. The zero-order valence-electron chi connectivity index (χ0n) is 10.8. The molecule has 0 saturated heterocycles. The number of hydrogen-bond acceptors (Lipinski definition) is 3. The van der Waals surface area contributed by atoms with Gasteiger partial charge in [-0.3, -0.25) is 5.32 Å². The second kappa shape index (κ2) is 3.81. The first-order valence-corrected chi connectivity index (χ1v) is 7.45. The Morgan fingerprint density at radius 1 is 1.22 bits per heavy atom. The molecule has 2 unspecified atom stereocenters. The van der Waals surface area contributed by atoms with Crippen molar-refractivity contribution in [2.75, 3.05) is 0 Å². The third kappa shape index (κ3) is 1.84. The van der Waals surface area contributed by atoms with E-state index in [1.807, 2.05) is 0 Å². The highest BCUT2D eigenvalue weighted by Crippen LogP contribution is 2.60. The Bertz CT molecular complexity index is 370. The predicted molar refractivity (Wildman–Crippen MR) is 68.5 cm³/mol. The van der Waals surface area contributed by atoms with Crippen LogP contribution in [0.1, 0.15) is 44.9 Å². The largest absolute Gasteiger partial charge is 0.356 e. The summed E-state index contributed by atoms with van der Waals surface area (Å²) in [6.45, 7) is 0. The summed E-state index contributed by atoms with van der Waals surface area (Å²) in [4.78, 5) is 0. The average Bonchev–Trinajstić information content (AvgIpc) is 3.04. The number of hydrogen-bond donors (Lipinski definition) is 3. The van der Waals surface area contributed by atoms with Gasteiger partial charge in [-0.25, -0.2) is 0 Å². The van der Waals surface area contributed by atoms with Crippen molar-refractivity contribution < 1.29 is 10.2 Å². The van der Waals surface area contributed by atoms with Gasteiger partial charge in [0.15, 0.2) is 0 Å². The molecule has 0 aromatic rings. The standard InChI is InChI=1S/C15H23NO2/c17-14(18)16-15-6-10-3-11(7-15)13(5-9-1-2-9)12(4-10)8-15/h1,10-14,16-18H,2-8H2. The third-order valence-corrected chi connectivity index (χ3v) is 5.89. The lowest BCUT2D eigenvalue weighted by Gasteiger charge is -2.60. The SMILES string of the molecule is OC(O)NC12CC3CC(C1)C(CC1=CC1)C(C3)C2. The summed E-state index contributed by atoms with van der Waals surface area (Å²) in [6, 6.07) is 0. The van der Waals surface area contributed by atoms with Crippen LogP contribution in [0.15, 0.2) is 11.6 Å². The van der Waals surface area contributed by atoms with Crippen LogP contribution in [0.3, 0.4) is 0 Å². The number of aliphatic hydroxyl groups is 2. The molecule has 0 amide bonds. The molecule has 5 rings (SSSR count). The fourth-order valence-electron chi connectivity index (χ4n) is 5.46. The van der Waals surface area contributed by atoms with Gasteiger partial charge in [0.1, 0.15) is 0 Å². The van der Waals surface area contributed by atoms with E-state index < -0.39 is 6.41 Å². The smallest absolute Gasteiger partial charge is 0.211 e. The second-order valence-corrected chi connectivity index (χ2v) is 7.20. The van der Waals surface area contributed by atoms with Crippen LogP contribution in [0.4, 0.5) is 0 Å². The highest BCUT2D eigenvalue weighted by atomic mass is 16.5. The summed E-state index contributed by atoms with van der Waals surface area (Å²) in [5.41, 5.74) is 1.72. The highest BCUT2D eigenvalue weighted by molar-refractivity contribution is 5.23. The van der Waals surface area contributed by atoms with Gasteiger partial charge in [0.2, 0.25) is 6.41 Å². The molecule has 0 radical (unpaired) electrons. The van der Waals surface area contributed by atoms with Crippen LogP contribution in [0.2, 0.25) is 0 Å². The van der Waals surface area contributed by atoms with E-state index in [0.29, 0.717) is 0 Å². The number of aliphatic hydroxyl groups excluding tert-OH is 1. The molecule has 3 heteroatoms. The molecule has 18 heavy (non-hydrogen) atoms. The summed E-state index contributed by atoms with van der Waals surface area (Å²) in [5.74, 6) is 3.37. The molecule has 100 valence electrons. The zero-order valence-corrected chi connectivity index (χ0v) is 10.8. The topological polar surface area (TPSA) is 52.5 Å². The minimum absolute atomic E-state index is 0.0408. The Balaban J connectivity index is 1.54. The zero-order chi connectivity index (χ0) is 12.3. The van der Waals surface area contributed by atoms with Gasteiger partial charge in [-0.05, 0) is 68.6 Å². The molecule has 5 aliphatic carbocycles. The van der Waals surface area contributed by atoms with E-state index in [-0.39, 0.29) is 5.54 Å². The summed E-state index contributed by atoms with van der Waals surface area (Å²) in [6.07, 6.45) is 9.89. The highest BCUT2D eigenvalue weighted by Gasteiger charge is 2.55. The van der Waals surface area contributed by atoms with Crippen molar-refractivity contribution in [3.05, 3.63) is 11.6 Å². The number of nitrogens with one attached hydrogen (secondary N) is 1. The van der Waals surface area contributed by atoms with E-state index >= 15 is 0 Å². The fraction of sp³-hybridized carbons (Fsp3) is 0.867. The van der Waals surface area contributed by atoms with Crippen molar-refractivity contribution in [3.63, 3.8) is 0 Å². The van der Waals surface area contributed by atoms with Crippen molar-refractivity contribution in [2.24, 2.45) is 23.7 Å². The molecule has 3 nitrogen and oxygen atoms in total. The van der Waals surface area contributed by atoms with Crippen LogP contribution in [0, 0.1) is 23.7 Å². The Morgan fingerprint density at radius 3 is 2.44 bits per heavy atom. The van der Waals surface area contributed by atoms with Gasteiger partial charge < -0.3 is 10.2 Å². The van der Waals surface area contributed by atoms with Crippen LogP contribution in [0.5, 0.6) is 0 Å². The van der Waals surface area contributed by atoms with E-state index in [9.17, 15) is 10.2 Å². The summed E-state index contributed by atoms with van der Waals surface area (Å²) >= 11 is 0. The van der Waals surface area contributed by atoms with Crippen molar-refractivity contribution >= 4 is 0 Å². The van der Waals surface area contributed by atoms with Gasteiger partial charge in [-0.1, -0.05) is 11.6 Å². The lowest BCUT2D eigenvalue weighted by molar-refractivity contribution is -0.136. The molecule has 0 aliphatic heterocycles. The van der Waals surface area contributed by atoms with Crippen LogP contribution >= 0.6 is 0 Å². The Morgan fingerprint density at radius 2 is 1.89 bits per heavy atom. The quantitative estimate of drug-likeness (QED) is 0.525. The minimum Gasteiger partial charge on any atom is -0.356 e. The van der Waals surface area contributed by atoms with Crippen LogP contribution in [-0.4, -0.2) is 22.2 Å². The van der Waals surface area contributed by atoms with Gasteiger partial charge in [0.05, 0.1) is 0 Å². The Kier molecular flexibility index (Phi) is 2.42. The molecule has 4 bridgehead atoms. The van der Waals surface area contributed by atoms with Crippen LogP contribution < -0.4 is 5.32 Å². The van der Waals surface area contributed by atoms with Crippen molar-refractivity contribution in [1.29, 1.82) is 0 Å². The lowest BCUT2D eigenvalue weighted by Crippen LogP contribution is -2.63. The third-order valence-electron chi connectivity index (χ3n) is 5.89. The van der Waals surface area contributed by atoms with Gasteiger partial charge in [0, 0.05) is 5.54 Å². The molecule has 0 aromatic carbocycles. The predicted octanol–water partition coefficient (Wildman–Crippen LogP) is 1.76. The summed E-state index contributed by atoms with van der Waals surface area (Å²) < 4.78 is 0. The minimum atomic E-state index is -1.34. The summed E-state index contributed by atoms with van der Waals surface area (Å²) in [5, 5.41) is 21.6. The lowest BCUT2D eigenvalue weighted by atomic mass is 9.48. The Hall–Kier alpha value is -0.380. The van der Waals surface area contributed by atoms with Crippen molar-refractivity contribution in [3.8, 4) is 0 Å². The molecular weight excluding hydrogens is 226 g/mol. The molecule has 4 saturated carbocycles. The number of rotatable bonds is 4.